The van der Waals surface area contributed by atoms with Crippen LogP contribution < -0.4 is 5.32 Å². The van der Waals surface area contributed by atoms with Gasteiger partial charge in [0.25, 0.3) is 0 Å². The maximum absolute atomic E-state index is 12.6. The molecule has 0 aliphatic carbocycles. The van der Waals surface area contributed by atoms with Crippen molar-refractivity contribution in [3.05, 3.63) is 84.3 Å². The SMILES string of the molecule is COC(=O)c1cc(-c2c[nH]c3ncccc23)ccc1NC(C#N)CCc1c[nH]c2ccccc12. The molecule has 0 bridgehead atoms. The van der Waals surface area contributed by atoms with Crippen LogP contribution in [0.2, 0.25) is 0 Å². The number of methoxy groups -OCH3 is 1. The number of hydrogen-bond donors (Lipinski definition) is 3. The van der Waals surface area contributed by atoms with E-state index >= 15 is 0 Å². The van der Waals surface area contributed by atoms with Gasteiger partial charge in [-0.3, -0.25) is 0 Å². The summed E-state index contributed by atoms with van der Waals surface area (Å²) in [5.41, 5.74) is 5.77. The van der Waals surface area contributed by atoms with Gasteiger partial charge < -0.3 is 20.0 Å². The third kappa shape index (κ3) is 3.97. The molecular weight excluding hydrogens is 426 g/mol. The molecule has 0 spiro atoms. The minimum Gasteiger partial charge on any atom is -0.465 e. The molecule has 5 aromatic rings. The summed E-state index contributed by atoms with van der Waals surface area (Å²) in [7, 11) is 1.35. The first-order valence-corrected chi connectivity index (χ1v) is 11.0. The number of ether oxygens (including phenoxy) is 1. The number of nitrogens with zero attached hydrogens (tertiary/aromatic N) is 2. The minimum absolute atomic E-state index is 0.380. The topological polar surface area (TPSA) is 107 Å². The van der Waals surface area contributed by atoms with Crippen molar-refractivity contribution in [1.82, 2.24) is 15.0 Å². The van der Waals surface area contributed by atoms with Gasteiger partial charge in [0.2, 0.25) is 0 Å². The second-order valence-electron chi connectivity index (χ2n) is 8.08. The number of nitriles is 1. The average molecular weight is 450 g/mol. The van der Waals surface area contributed by atoms with Crippen LogP contribution in [0.5, 0.6) is 0 Å². The fourth-order valence-electron chi connectivity index (χ4n) is 4.31. The van der Waals surface area contributed by atoms with Crippen LogP contribution in [0.15, 0.2) is 73.2 Å². The van der Waals surface area contributed by atoms with Crippen molar-refractivity contribution >= 4 is 33.6 Å². The van der Waals surface area contributed by atoms with Gasteiger partial charge in [0.15, 0.2) is 0 Å². The number of rotatable bonds is 7. The van der Waals surface area contributed by atoms with E-state index in [0.717, 1.165) is 45.0 Å². The smallest absolute Gasteiger partial charge is 0.339 e. The van der Waals surface area contributed by atoms with Crippen LogP contribution in [0.4, 0.5) is 5.69 Å². The predicted molar refractivity (Wildman–Crippen MR) is 133 cm³/mol. The molecule has 7 heteroatoms. The van der Waals surface area contributed by atoms with E-state index in [2.05, 4.69) is 32.4 Å². The van der Waals surface area contributed by atoms with Gasteiger partial charge in [0.1, 0.15) is 11.7 Å². The van der Waals surface area contributed by atoms with Crippen LogP contribution in [0, 0.1) is 11.3 Å². The summed E-state index contributed by atoms with van der Waals surface area (Å²) in [6, 6.07) is 19.4. The fraction of sp³-hybridized carbons (Fsp3) is 0.148. The molecule has 1 unspecified atom stereocenters. The van der Waals surface area contributed by atoms with Crippen LogP contribution in [0.3, 0.4) is 0 Å². The molecule has 168 valence electrons. The number of fused-ring (bicyclic) bond motifs is 2. The lowest BCUT2D eigenvalue weighted by Gasteiger charge is -2.16. The Morgan fingerprint density at radius 1 is 1.12 bits per heavy atom. The molecule has 3 aromatic heterocycles. The van der Waals surface area contributed by atoms with Crippen molar-refractivity contribution in [3.63, 3.8) is 0 Å². The molecule has 34 heavy (non-hydrogen) atoms. The summed E-state index contributed by atoms with van der Waals surface area (Å²) in [6.07, 6.45) is 6.91. The Bertz CT molecular complexity index is 1530. The Balaban J connectivity index is 1.40. The largest absolute Gasteiger partial charge is 0.465 e. The molecule has 0 aliphatic rings. The van der Waals surface area contributed by atoms with Crippen molar-refractivity contribution in [2.45, 2.75) is 18.9 Å². The summed E-state index contributed by atoms with van der Waals surface area (Å²) in [5.74, 6) is -0.462. The molecular formula is C27H23N5O2. The van der Waals surface area contributed by atoms with Crippen LogP contribution in [-0.4, -0.2) is 34.1 Å². The molecule has 3 N–H and O–H groups in total. The number of nitrogens with one attached hydrogen (secondary N) is 3. The highest BCUT2D eigenvalue weighted by Gasteiger charge is 2.18. The molecule has 0 saturated heterocycles. The normalized spacial score (nSPS) is 11.9. The van der Waals surface area contributed by atoms with Crippen molar-refractivity contribution in [2.24, 2.45) is 0 Å². The van der Waals surface area contributed by atoms with Gasteiger partial charge in [-0.2, -0.15) is 5.26 Å². The lowest BCUT2D eigenvalue weighted by molar-refractivity contribution is 0.0602. The Hall–Kier alpha value is -4.57. The molecule has 0 fully saturated rings. The predicted octanol–water partition coefficient (Wildman–Crippen LogP) is 5.43. The van der Waals surface area contributed by atoms with Gasteiger partial charge in [-0.1, -0.05) is 24.3 Å². The Kier molecular flexibility index (Phi) is 5.71. The Morgan fingerprint density at radius 3 is 2.82 bits per heavy atom. The van der Waals surface area contributed by atoms with E-state index < -0.39 is 12.0 Å². The molecule has 2 aromatic carbocycles. The molecule has 0 radical (unpaired) electrons. The first-order chi connectivity index (χ1) is 16.7. The fourth-order valence-corrected chi connectivity index (χ4v) is 4.31. The van der Waals surface area contributed by atoms with Crippen molar-refractivity contribution in [1.29, 1.82) is 5.26 Å². The van der Waals surface area contributed by atoms with Crippen LogP contribution in [0.25, 0.3) is 33.1 Å². The lowest BCUT2D eigenvalue weighted by Crippen LogP contribution is -2.20. The van der Waals surface area contributed by atoms with Crippen molar-refractivity contribution in [2.75, 3.05) is 12.4 Å². The number of benzene rings is 2. The number of aromatic amines is 2. The van der Waals surface area contributed by atoms with E-state index in [-0.39, 0.29) is 0 Å². The zero-order valence-electron chi connectivity index (χ0n) is 18.6. The second-order valence-corrected chi connectivity index (χ2v) is 8.08. The van der Waals surface area contributed by atoms with E-state index in [1.54, 1.807) is 12.3 Å². The zero-order valence-corrected chi connectivity index (χ0v) is 18.6. The van der Waals surface area contributed by atoms with Crippen LogP contribution >= 0.6 is 0 Å². The van der Waals surface area contributed by atoms with Gasteiger partial charge in [0, 0.05) is 46.1 Å². The number of carbonyl (C=O) groups excluding carboxylic acids is 1. The molecule has 0 amide bonds. The maximum Gasteiger partial charge on any atom is 0.339 e. The highest BCUT2D eigenvalue weighted by Crippen LogP contribution is 2.31. The van der Waals surface area contributed by atoms with E-state index in [1.165, 1.54) is 7.11 Å². The quantitative estimate of drug-likeness (QED) is 0.287. The first-order valence-electron chi connectivity index (χ1n) is 11.0. The number of aryl methyl sites for hydroxylation is 1. The molecule has 5 rings (SSSR count). The van der Waals surface area contributed by atoms with E-state index in [9.17, 15) is 10.1 Å². The highest BCUT2D eigenvalue weighted by molar-refractivity contribution is 6.00. The zero-order chi connectivity index (χ0) is 23.5. The summed E-state index contributed by atoms with van der Waals surface area (Å²) < 4.78 is 5.03. The molecule has 0 aliphatic heterocycles. The summed E-state index contributed by atoms with van der Waals surface area (Å²) in [4.78, 5) is 23.4. The summed E-state index contributed by atoms with van der Waals surface area (Å²) in [5, 5.41) is 15.2. The van der Waals surface area contributed by atoms with E-state index in [0.29, 0.717) is 17.7 Å². The summed E-state index contributed by atoms with van der Waals surface area (Å²) in [6.45, 7) is 0. The number of H-pyrrole nitrogens is 2. The van der Waals surface area contributed by atoms with Crippen molar-refractivity contribution < 1.29 is 9.53 Å². The minimum atomic E-state index is -0.472. The third-order valence-electron chi connectivity index (χ3n) is 6.05. The standard InChI is InChI=1S/C27H23N5O2/c1-34-27(33)22-13-17(23-16-31-26-21(23)6-4-12-29-26)9-11-25(22)32-19(14-28)10-8-18-15-30-24-7-3-2-5-20(18)24/h2-7,9,11-13,15-16,19,30,32H,8,10H2,1H3,(H,29,31). The number of hydrogen-bond acceptors (Lipinski definition) is 5. The Morgan fingerprint density at radius 2 is 1.97 bits per heavy atom. The van der Waals surface area contributed by atoms with Gasteiger partial charge >= 0.3 is 5.97 Å². The van der Waals surface area contributed by atoms with Crippen LogP contribution in [0.1, 0.15) is 22.3 Å². The highest BCUT2D eigenvalue weighted by atomic mass is 16.5. The Labute approximate surface area is 196 Å². The number of anilines is 1. The second kappa shape index (κ2) is 9.12. The molecule has 7 nitrogen and oxygen atoms in total. The average Bonchev–Trinajstić information content (AvgIpc) is 3.50. The summed E-state index contributed by atoms with van der Waals surface area (Å²) >= 11 is 0. The van der Waals surface area contributed by atoms with Crippen molar-refractivity contribution in [3.8, 4) is 17.2 Å². The number of esters is 1. The maximum atomic E-state index is 12.6. The van der Waals surface area contributed by atoms with Gasteiger partial charge in [-0.15, -0.1) is 0 Å². The lowest BCUT2D eigenvalue weighted by atomic mass is 10.0. The number of pyridine rings is 1. The monoisotopic (exact) mass is 449 g/mol. The molecule has 3 heterocycles. The molecule has 1 atom stereocenters. The van der Waals surface area contributed by atoms with Gasteiger partial charge in [-0.25, -0.2) is 9.78 Å². The number of carbonyl (C=O) groups is 1. The number of aromatic nitrogens is 3. The number of para-hydroxylation sites is 1. The third-order valence-corrected chi connectivity index (χ3v) is 6.05. The molecule has 0 saturated carbocycles. The first kappa shape index (κ1) is 21.3. The van der Waals surface area contributed by atoms with Gasteiger partial charge in [-0.05, 0) is 54.3 Å². The van der Waals surface area contributed by atoms with Gasteiger partial charge in [0.05, 0.1) is 18.7 Å². The van der Waals surface area contributed by atoms with E-state index in [4.69, 9.17) is 4.74 Å². The van der Waals surface area contributed by atoms with E-state index in [1.807, 2.05) is 54.9 Å². The van der Waals surface area contributed by atoms with Crippen LogP contribution in [-0.2, 0) is 11.2 Å².